The molecule has 0 bridgehead atoms. The van der Waals surface area contributed by atoms with E-state index in [9.17, 15) is 13.2 Å². The molecule has 1 heterocycles. The molecule has 9 heteroatoms. The van der Waals surface area contributed by atoms with E-state index in [0.29, 0.717) is 18.1 Å². The first-order chi connectivity index (χ1) is 13.9. The summed E-state index contributed by atoms with van der Waals surface area (Å²) < 4.78 is 42.3. The quantitative estimate of drug-likeness (QED) is 0.332. The normalized spacial score (nSPS) is 16.7. The van der Waals surface area contributed by atoms with Gasteiger partial charge in [0.2, 0.25) is 0 Å². The zero-order chi connectivity index (χ0) is 20.7. The second-order valence-corrected chi connectivity index (χ2v) is 6.85. The molecule has 3 rings (SSSR count). The number of para-hydroxylation sites is 2. The molecule has 0 saturated carbocycles. The van der Waals surface area contributed by atoms with Crippen molar-refractivity contribution in [1.82, 2.24) is 10.6 Å². The standard InChI is InChI=1S/C21H25F3N4O.HI/c1-25-20(27-17-11-12-28(14-17)18-8-3-2-4-9-18)26-13-16-7-5-6-10-19(16)29-15-21(22,23)24;/h2-10,17H,11-15H2,1H3,(H2,25,26,27);1H. The molecule has 1 unspecified atom stereocenters. The summed E-state index contributed by atoms with van der Waals surface area (Å²) in [5, 5.41) is 6.55. The number of hydrogen-bond donors (Lipinski definition) is 2. The highest BCUT2D eigenvalue weighted by Crippen LogP contribution is 2.22. The molecular formula is C21H26F3IN4O. The minimum atomic E-state index is -4.37. The fraction of sp³-hybridized carbons (Fsp3) is 0.381. The molecule has 0 spiro atoms. The van der Waals surface area contributed by atoms with Gasteiger partial charge in [-0.15, -0.1) is 24.0 Å². The first-order valence-corrected chi connectivity index (χ1v) is 9.49. The fourth-order valence-corrected chi connectivity index (χ4v) is 3.27. The Kier molecular flexibility index (Phi) is 9.07. The largest absolute Gasteiger partial charge is 0.484 e. The summed E-state index contributed by atoms with van der Waals surface area (Å²) in [6, 6.07) is 17.1. The summed E-state index contributed by atoms with van der Waals surface area (Å²) in [5.74, 6) is 0.819. The van der Waals surface area contributed by atoms with Gasteiger partial charge in [0, 0.05) is 44.0 Å². The van der Waals surface area contributed by atoms with E-state index in [0.717, 1.165) is 19.5 Å². The summed E-state index contributed by atoms with van der Waals surface area (Å²) in [4.78, 5) is 6.55. The van der Waals surface area contributed by atoms with E-state index < -0.39 is 12.8 Å². The third-order valence-corrected chi connectivity index (χ3v) is 4.68. The van der Waals surface area contributed by atoms with Crippen molar-refractivity contribution in [3.05, 3.63) is 60.2 Å². The van der Waals surface area contributed by atoms with Gasteiger partial charge in [-0.3, -0.25) is 4.99 Å². The smallest absolute Gasteiger partial charge is 0.422 e. The zero-order valence-corrected chi connectivity index (χ0v) is 19.0. The molecule has 1 aliphatic rings. The molecule has 30 heavy (non-hydrogen) atoms. The number of nitrogens with zero attached hydrogens (tertiary/aromatic N) is 2. The van der Waals surface area contributed by atoms with Gasteiger partial charge in [-0.05, 0) is 24.6 Å². The topological polar surface area (TPSA) is 48.9 Å². The molecule has 1 aliphatic heterocycles. The lowest BCUT2D eigenvalue weighted by atomic mass is 10.2. The molecule has 0 aliphatic carbocycles. The van der Waals surface area contributed by atoms with Crippen LogP contribution in [-0.4, -0.2) is 44.9 Å². The van der Waals surface area contributed by atoms with Crippen molar-refractivity contribution >= 4 is 35.6 Å². The molecule has 0 amide bonds. The predicted octanol–water partition coefficient (Wildman–Crippen LogP) is 4.19. The number of rotatable bonds is 6. The van der Waals surface area contributed by atoms with Gasteiger partial charge in [0.05, 0.1) is 0 Å². The second-order valence-electron chi connectivity index (χ2n) is 6.85. The van der Waals surface area contributed by atoms with E-state index >= 15 is 0 Å². The number of halogens is 4. The van der Waals surface area contributed by atoms with E-state index in [1.807, 2.05) is 18.2 Å². The van der Waals surface area contributed by atoms with Crippen LogP contribution in [0.3, 0.4) is 0 Å². The van der Waals surface area contributed by atoms with E-state index in [1.165, 1.54) is 11.8 Å². The fourth-order valence-electron chi connectivity index (χ4n) is 3.27. The summed E-state index contributed by atoms with van der Waals surface area (Å²) in [5.41, 5.74) is 1.83. The molecule has 5 nitrogen and oxygen atoms in total. The summed E-state index contributed by atoms with van der Waals surface area (Å²) in [6.45, 7) is 0.806. The van der Waals surface area contributed by atoms with Crippen LogP contribution in [0.2, 0.25) is 0 Å². The Bertz CT molecular complexity index is 817. The highest BCUT2D eigenvalue weighted by atomic mass is 127. The summed E-state index contributed by atoms with van der Waals surface area (Å²) in [7, 11) is 1.67. The van der Waals surface area contributed by atoms with Gasteiger partial charge in [-0.25, -0.2) is 0 Å². The molecule has 0 aromatic heterocycles. The Balaban J connectivity index is 0.00000320. The summed E-state index contributed by atoms with van der Waals surface area (Å²) in [6.07, 6.45) is -3.40. The van der Waals surface area contributed by atoms with E-state index in [-0.39, 0.29) is 35.8 Å². The lowest BCUT2D eigenvalue weighted by Gasteiger charge is -2.20. The molecule has 0 radical (unpaired) electrons. The maximum atomic E-state index is 12.4. The van der Waals surface area contributed by atoms with Crippen molar-refractivity contribution in [1.29, 1.82) is 0 Å². The van der Waals surface area contributed by atoms with Crippen molar-refractivity contribution in [2.75, 3.05) is 31.6 Å². The third kappa shape index (κ3) is 7.26. The van der Waals surface area contributed by atoms with Crippen LogP contribution in [0.25, 0.3) is 0 Å². The monoisotopic (exact) mass is 534 g/mol. The number of alkyl halides is 3. The van der Waals surface area contributed by atoms with Crippen LogP contribution in [0.5, 0.6) is 5.75 Å². The van der Waals surface area contributed by atoms with Crippen molar-refractivity contribution in [2.45, 2.75) is 25.2 Å². The number of benzene rings is 2. The van der Waals surface area contributed by atoms with Gasteiger partial charge in [0.25, 0.3) is 0 Å². The van der Waals surface area contributed by atoms with Crippen LogP contribution < -0.4 is 20.3 Å². The highest BCUT2D eigenvalue weighted by molar-refractivity contribution is 14.0. The Morgan fingerprint density at radius 1 is 1.13 bits per heavy atom. The first-order valence-electron chi connectivity index (χ1n) is 9.49. The Morgan fingerprint density at radius 3 is 2.53 bits per heavy atom. The van der Waals surface area contributed by atoms with Crippen LogP contribution >= 0.6 is 24.0 Å². The van der Waals surface area contributed by atoms with Gasteiger partial charge in [-0.1, -0.05) is 36.4 Å². The lowest BCUT2D eigenvalue weighted by molar-refractivity contribution is -0.153. The maximum absolute atomic E-state index is 12.4. The highest BCUT2D eigenvalue weighted by Gasteiger charge is 2.29. The number of anilines is 1. The SMILES string of the molecule is CN=C(NCc1ccccc1OCC(F)(F)F)NC1CCN(c2ccccc2)C1.I. The molecular weight excluding hydrogens is 508 g/mol. The minimum absolute atomic E-state index is 0. The third-order valence-electron chi connectivity index (χ3n) is 4.68. The lowest BCUT2D eigenvalue weighted by Crippen LogP contribution is -2.44. The molecule has 1 atom stereocenters. The molecule has 2 aromatic rings. The number of aliphatic imine (C=N–C) groups is 1. The average molecular weight is 534 g/mol. The van der Waals surface area contributed by atoms with Gasteiger partial charge in [0.1, 0.15) is 5.75 Å². The van der Waals surface area contributed by atoms with Gasteiger partial charge in [-0.2, -0.15) is 13.2 Å². The Morgan fingerprint density at radius 2 is 1.83 bits per heavy atom. The van der Waals surface area contributed by atoms with Crippen molar-refractivity contribution in [2.24, 2.45) is 4.99 Å². The molecule has 1 fully saturated rings. The van der Waals surface area contributed by atoms with Gasteiger partial charge < -0.3 is 20.3 Å². The molecule has 164 valence electrons. The van der Waals surface area contributed by atoms with E-state index in [1.54, 1.807) is 25.2 Å². The van der Waals surface area contributed by atoms with Crippen LogP contribution in [0, 0.1) is 0 Å². The number of hydrogen-bond acceptors (Lipinski definition) is 3. The van der Waals surface area contributed by atoms with Crippen LogP contribution in [0.1, 0.15) is 12.0 Å². The van der Waals surface area contributed by atoms with Crippen LogP contribution in [0.4, 0.5) is 18.9 Å². The summed E-state index contributed by atoms with van der Waals surface area (Å²) >= 11 is 0. The molecule has 2 aromatic carbocycles. The Labute approximate surface area is 191 Å². The van der Waals surface area contributed by atoms with Crippen molar-refractivity contribution in [3.8, 4) is 5.75 Å². The minimum Gasteiger partial charge on any atom is -0.484 e. The molecule has 1 saturated heterocycles. The molecule has 2 N–H and O–H groups in total. The average Bonchev–Trinajstić information content (AvgIpc) is 3.19. The number of guanidine groups is 1. The maximum Gasteiger partial charge on any atom is 0.422 e. The number of nitrogens with one attached hydrogen (secondary N) is 2. The van der Waals surface area contributed by atoms with Gasteiger partial charge in [0.15, 0.2) is 12.6 Å². The van der Waals surface area contributed by atoms with E-state index in [4.69, 9.17) is 4.74 Å². The first kappa shape index (κ1) is 24.1. The van der Waals surface area contributed by atoms with Gasteiger partial charge >= 0.3 is 6.18 Å². The van der Waals surface area contributed by atoms with Crippen LogP contribution in [-0.2, 0) is 6.54 Å². The zero-order valence-electron chi connectivity index (χ0n) is 16.7. The Hall–Kier alpha value is -2.17. The van der Waals surface area contributed by atoms with Crippen molar-refractivity contribution in [3.63, 3.8) is 0 Å². The van der Waals surface area contributed by atoms with Crippen molar-refractivity contribution < 1.29 is 17.9 Å². The number of ether oxygens (including phenoxy) is 1. The van der Waals surface area contributed by atoms with Crippen LogP contribution in [0.15, 0.2) is 59.6 Å². The second kappa shape index (κ2) is 11.3. The van der Waals surface area contributed by atoms with E-state index in [2.05, 4.69) is 32.7 Å². The predicted molar refractivity (Wildman–Crippen MR) is 124 cm³/mol.